The summed E-state index contributed by atoms with van der Waals surface area (Å²) in [6.07, 6.45) is 0.372. The fraction of sp³-hybridized carbons (Fsp3) is 0.643. The number of carbonyl (C=O) groups excluding carboxylic acids is 3. The third kappa shape index (κ3) is 3.22. The number of ketones is 1. The molecule has 0 saturated carbocycles. The first-order valence-electron chi connectivity index (χ1n) is 6.47. The van der Waals surface area contributed by atoms with Gasteiger partial charge in [0.05, 0.1) is 25.0 Å². The molecule has 2 unspecified atom stereocenters. The highest BCUT2D eigenvalue weighted by atomic mass is 16.5. The van der Waals surface area contributed by atoms with E-state index in [1.165, 1.54) is 6.92 Å². The second-order valence-electron chi connectivity index (χ2n) is 4.54. The predicted octanol–water partition coefficient (Wildman–Crippen LogP) is 1.65. The smallest absolute Gasteiger partial charge is 0.314 e. The lowest BCUT2D eigenvalue weighted by atomic mass is 9.89. The zero-order chi connectivity index (χ0) is 14.6. The Bertz CT molecular complexity index is 422. The van der Waals surface area contributed by atoms with E-state index < -0.39 is 23.8 Å². The quantitative estimate of drug-likeness (QED) is 0.709. The molecule has 2 atom stereocenters. The van der Waals surface area contributed by atoms with Crippen molar-refractivity contribution in [2.75, 3.05) is 13.2 Å². The van der Waals surface area contributed by atoms with Crippen LogP contribution in [0.2, 0.25) is 0 Å². The van der Waals surface area contributed by atoms with E-state index in [0.29, 0.717) is 12.0 Å². The minimum Gasteiger partial charge on any atom is -0.466 e. The zero-order valence-corrected chi connectivity index (χ0v) is 11.8. The minimum atomic E-state index is -0.823. The highest BCUT2D eigenvalue weighted by Gasteiger charge is 2.45. The normalized spacial score (nSPS) is 22.3. The van der Waals surface area contributed by atoms with Crippen LogP contribution in [0.25, 0.3) is 0 Å². The Labute approximate surface area is 112 Å². The Balaban J connectivity index is 3.06. The van der Waals surface area contributed by atoms with Crippen molar-refractivity contribution in [3.63, 3.8) is 0 Å². The van der Waals surface area contributed by atoms with Crippen LogP contribution < -0.4 is 0 Å². The summed E-state index contributed by atoms with van der Waals surface area (Å²) in [5, 5.41) is 0. The summed E-state index contributed by atoms with van der Waals surface area (Å²) in [4.78, 5) is 35.6. The van der Waals surface area contributed by atoms with E-state index in [1.807, 2.05) is 0 Å². The highest BCUT2D eigenvalue weighted by molar-refractivity contribution is 6.02. The van der Waals surface area contributed by atoms with Gasteiger partial charge < -0.3 is 9.47 Å². The Kier molecular flexibility index (Phi) is 5.27. The summed E-state index contributed by atoms with van der Waals surface area (Å²) < 4.78 is 9.96. The molecule has 0 saturated heterocycles. The molecule has 0 aromatic heterocycles. The molecule has 0 amide bonds. The van der Waals surface area contributed by atoms with Crippen LogP contribution in [0.3, 0.4) is 0 Å². The molecule has 5 heteroatoms. The standard InChI is InChI=1S/C14H20O5/c1-5-18-13(16)10-7-8(3)11(9(4)15)12(10)14(17)19-6-2/h10,12H,5-7H2,1-4H3. The maximum atomic E-state index is 12.0. The third-order valence-corrected chi connectivity index (χ3v) is 3.21. The van der Waals surface area contributed by atoms with Crippen LogP contribution in [-0.2, 0) is 23.9 Å². The zero-order valence-electron chi connectivity index (χ0n) is 11.8. The summed E-state index contributed by atoms with van der Waals surface area (Å²) >= 11 is 0. The van der Waals surface area contributed by atoms with Gasteiger partial charge in [0, 0.05) is 5.57 Å². The summed E-state index contributed by atoms with van der Waals surface area (Å²) in [7, 11) is 0. The lowest BCUT2D eigenvalue weighted by molar-refractivity contribution is -0.158. The fourth-order valence-electron chi connectivity index (χ4n) is 2.53. The molecule has 0 bridgehead atoms. The van der Waals surface area contributed by atoms with E-state index in [0.717, 1.165) is 5.57 Å². The monoisotopic (exact) mass is 268 g/mol. The molecule has 19 heavy (non-hydrogen) atoms. The molecule has 0 N–H and O–H groups in total. The lowest BCUT2D eigenvalue weighted by Gasteiger charge is -2.18. The molecule has 5 nitrogen and oxygen atoms in total. The number of hydrogen-bond acceptors (Lipinski definition) is 5. The van der Waals surface area contributed by atoms with Crippen molar-refractivity contribution in [3.05, 3.63) is 11.1 Å². The van der Waals surface area contributed by atoms with Crippen molar-refractivity contribution in [1.82, 2.24) is 0 Å². The Hall–Kier alpha value is -1.65. The van der Waals surface area contributed by atoms with Gasteiger partial charge in [-0.15, -0.1) is 0 Å². The van der Waals surface area contributed by atoms with Crippen LogP contribution in [-0.4, -0.2) is 30.9 Å². The fourth-order valence-corrected chi connectivity index (χ4v) is 2.53. The van der Waals surface area contributed by atoms with Gasteiger partial charge in [0.15, 0.2) is 5.78 Å². The van der Waals surface area contributed by atoms with Gasteiger partial charge in [0.2, 0.25) is 0 Å². The minimum absolute atomic E-state index is 0.192. The molecule has 0 radical (unpaired) electrons. The Morgan fingerprint density at radius 3 is 2.11 bits per heavy atom. The van der Waals surface area contributed by atoms with Gasteiger partial charge in [-0.1, -0.05) is 5.57 Å². The first-order chi connectivity index (χ1) is 8.93. The van der Waals surface area contributed by atoms with Crippen LogP contribution >= 0.6 is 0 Å². The molecular formula is C14H20O5. The molecule has 0 aromatic rings. The number of Topliss-reactive ketones (excluding diaryl/α,β-unsaturated/α-hetero) is 1. The molecule has 0 aromatic carbocycles. The van der Waals surface area contributed by atoms with Crippen molar-refractivity contribution in [2.45, 2.75) is 34.1 Å². The van der Waals surface area contributed by atoms with E-state index in [-0.39, 0.29) is 19.0 Å². The average Bonchev–Trinajstić information content (AvgIpc) is 2.67. The molecule has 1 rings (SSSR count). The molecule has 1 aliphatic rings. The van der Waals surface area contributed by atoms with Gasteiger partial charge in [0.25, 0.3) is 0 Å². The van der Waals surface area contributed by atoms with Crippen molar-refractivity contribution in [3.8, 4) is 0 Å². The third-order valence-electron chi connectivity index (χ3n) is 3.21. The second kappa shape index (κ2) is 6.50. The van der Waals surface area contributed by atoms with Gasteiger partial charge >= 0.3 is 11.9 Å². The molecule has 1 aliphatic carbocycles. The van der Waals surface area contributed by atoms with Crippen LogP contribution in [0.4, 0.5) is 0 Å². The van der Waals surface area contributed by atoms with Crippen molar-refractivity contribution < 1.29 is 23.9 Å². The van der Waals surface area contributed by atoms with Crippen LogP contribution in [0, 0.1) is 11.8 Å². The van der Waals surface area contributed by atoms with Crippen molar-refractivity contribution in [2.24, 2.45) is 11.8 Å². The number of allylic oxidation sites excluding steroid dienone is 1. The summed E-state index contributed by atoms with van der Waals surface area (Å²) in [6.45, 7) is 7.03. The summed E-state index contributed by atoms with van der Waals surface area (Å²) in [5.41, 5.74) is 1.17. The van der Waals surface area contributed by atoms with Crippen LogP contribution in [0.1, 0.15) is 34.1 Å². The first kappa shape index (κ1) is 15.4. The van der Waals surface area contributed by atoms with Crippen molar-refractivity contribution in [1.29, 1.82) is 0 Å². The first-order valence-corrected chi connectivity index (χ1v) is 6.47. The van der Waals surface area contributed by atoms with E-state index in [4.69, 9.17) is 9.47 Å². The average molecular weight is 268 g/mol. The lowest BCUT2D eigenvalue weighted by Crippen LogP contribution is -2.32. The van der Waals surface area contributed by atoms with Crippen molar-refractivity contribution >= 4 is 17.7 Å². The highest BCUT2D eigenvalue weighted by Crippen LogP contribution is 2.39. The van der Waals surface area contributed by atoms with E-state index >= 15 is 0 Å². The number of hydrogen-bond donors (Lipinski definition) is 0. The van der Waals surface area contributed by atoms with Gasteiger partial charge in [-0.05, 0) is 34.1 Å². The number of esters is 2. The number of ether oxygens (including phenoxy) is 2. The van der Waals surface area contributed by atoms with Gasteiger partial charge in [0.1, 0.15) is 0 Å². The van der Waals surface area contributed by atoms with E-state index in [2.05, 4.69) is 0 Å². The number of rotatable bonds is 5. The summed E-state index contributed by atoms with van der Waals surface area (Å²) in [5.74, 6) is -2.63. The van der Waals surface area contributed by atoms with E-state index in [9.17, 15) is 14.4 Å². The maximum Gasteiger partial charge on any atom is 0.314 e. The molecule has 0 spiro atoms. The molecule has 0 fully saturated rings. The second-order valence-corrected chi connectivity index (χ2v) is 4.54. The Morgan fingerprint density at radius 2 is 1.63 bits per heavy atom. The summed E-state index contributed by atoms with van der Waals surface area (Å²) in [6, 6.07) is 0. The molecule has 106 valence electrons. The Morgan fingerprint density at radius 1 is 1.11 bits per heavy atom. The largest absolute Gasteiger partial charge is 0.466 e. The van der Waals surface area contributed by atoms with Crippen LogP contribution in [0.15, 0.2) is 11.1 Å². The van der Waals surface area contributed by atoms with Crippen LogP contribution in [0.5, 0.6) is 0 Å². The molecule has 0 aliphatic heterocycles. The SMILES string of the molecule is CCOC(=O)C1CC(C)=C(C(C)=O)C1C(=O)OCC. The predicted molar refractivity (Wildman–Crippen MR) is 68.2 cm³/mol. The molecule has 0 heterocycles. The number of carbonyl (C=O) groups is 3. The molecular weight excluding hydrogens is 248 g/mol. The topological polar surface area (TPSA) is 69.7 Å². The van der Waals surface area contributed by atoms with E-state index in [1.54, 1.807) is 20.8 Å². The maximum absolute atomic E-state index is 12.0. The van der Waals surface area contributed by atoms with Gasteiger partial charge in [-0.25, -0.2) is 0 Å². The van der Waals surface area contributed by atoms with Gasteiger partial charge in [-0.2, -0.15) is 0 Å². The van der Waals surface area contributed by atoms with Gasteiger partial charge in [-0.3, -0.25) is 14.4 Å².